The van der Waals surface area contributed by atoms with Gasteiger partial charge in [-0.1, -0.05) is 6.92 Å². The van der Waals surface area contributed by atoms with E-state index in [-0.39, 0.29) is 10.6 Å². The molecule has 1 aromatic heterocycles. The van der Waals surface area contributed by atoms with Crippen LogP contribution in [0.3, 0.4) is 0 Å². The van der Waals surface area contributed by atoms with Crippen molar-refractivity contribution in [2.75, 3.05) is 26.2 Å². The van der Waals surface area contributed by atoms with Crippen molar-refractivity contribution in [3.8, 4) is 11.3 Å². The number of hydrogen-bond donors (Lipinski definition) is 1. The smallest absolute Gasteiger partial charge is 0.269 e. The number of aromatic nitrogens is 2. The number of nitro groups is 1. The summed E-state index contributed by atoms with van der Waals surface area (Å²) in [7, 11) is 1.90. The van der Waals surface area contributed by atoms with Crippen molar-refractivity contribution < 1.29 is 4.92 Å². The summed E-state index contributed by atoms with van der Waals surface area (Å²) < 4.78 is 1.79. The highest BCUT2D eigenvalue weighted by atomic mass is 16.6. The topological polar surface area (TPSA) is 76.2 Å². The number of aryl methyl sites for hydroxylation is 1. The number of non-ortho nitro benzene ring substituents is 1. The SMILES string of the molecule is CC1CCN(CCNCc2cn(C)nc2-c2ccc([N+](=O)[O-])cc2)CC1. The Bertz CT molecular complexity index is 733. The van der Waals surface area contributed by atoms with Gasteiger partial charge in [0.2, 0.25) is 0 Å². The van der Waals surface area contributed by atoms with Crippen molar-refractivity contribution in [1.29, 1.82) is 0 Å². The Morgan fingerprint density at radius 2 is 1.96 bits per heavy atom. The van der Waals surface area contributed by atoms with E-state index in [1.54, 1.807) is 16.8 Å². The van der Waals surface area contributed by atoms with Gasteiger partial charge < -0.3 is 10.2 Å². The molecule has 0 amide bonds. The predicted molar refractivity (Wildman–Crippen MR) is 102 cm³/mol. The van der Waals surface area contributed by atoms with Gasteiger partial charge in [-0.05, 0) is 44.0 Å². The minimum Gasteiger partial charge on any atom is -0.311 e. The van der Waals surface area contributed by atoms with Crippen LogP contribution in [0.25, 0.3) is 11.3 Å². The molecule has 0 aliphatic carbocycles. The van der Waals surface area contributed by atoms with Gasteiger partial charge in [0.05, 0.1) is 10.6 Å². The molecule has 1 fully saturated rings. The van der Waals surface area contributed by atoms with Crippen LogP contribution >= 0.6 is 0 Å². The third-order valence-electron chi connectivity index (χ3n) is 5.05. The standard InChI is InChI=1S/C19H27N5O2/c1-15-7-10-23(11-8-15)12-9-20-13-17-14-22(2)21-19(17)16-3-5-18(6-4-16)24(25)26/h3-6,14-15,20H,7-13H2,1-2H3. The zero-order chi connectivity index (χ0) is 18.5. The van der Waals surface area contributed by atoms with E-state index >= 15 is 0 Å². The molecule has 1 saturated heterocycles. The molecule has 7 nitrogen and oxygen atoms in total. The Morgan fingerprint density at radius 3 is 2.62 bits per heavy atom. The van der Waals surface area contributed by atoms with Gasteiger partial charge in [-0.15, -0.1) is 0 Å². The fraction of sp³-hybridized carbons (Fsp3) is 0.526. The van der Waals surface area contributed by atoms with Gasteiger partial charge in [-0.2, -0.15) is 5.10 Å². The average molecular weight is 357 g/mol. The van der Waals surface area contributed by atoms with Gasteiger partial charge in [-0.3, -0.25) is 14.8 Å². The number of likely N-dealkylation sites (tertiary alicyclic amines) is 1. The maximum atomic E-state index is 10.8. The lowest BCUT2D eigenvalue weighted by molar-refractivity contribution is -0.384. The highest BCUT2D eigenvalue weighted by molar-refractivity contribution is 5.64. The van der Waals surface area contributed by atoms with Crippen LogP contribution in [0.1, 0.15) is 25.3 Å². The van der Waals surface area contributed by atoms with Crippen LogP contribution in [-0.2, 0) is 13.6 Å². The second kappa shape index (κ2) is 8.42. The van der Waals surface area contributed by atoms with E-state index < -0.39 is 0 Å². The van der Waals surface area contributed by atoms with Crippen LogP contribution in [-0.4, -0.2) is 45.8 Å². The Morgan fingerprint density at radius 1 is 1.27 bits per heavy atom. The molecule has 2 heterocycles. The molecule has 1 aliphatic heterocycles. The summed E-state index contributed by atoms with van der Waals surface area (Å²) in [6.45, 7) is 7.48. The lowest BCUT2D eigenvalue weighted by Crippen LogP contribution is -2.37. The van der Waals surface area contributed by atoms with E-state index in [2.05, 4.69) is 22.2 Å². The first-order valence-corrected chi connectivity index (χ1v) is 9.23. The number of rotatable bonds is 7. The van der Waals surface area contributed by atoms with Crippen molar-refractivity contribution in [2.45, 2.75) is 26.3 Å². The molecule has 26 heavy (non-hydrogen) atoms. The van der Waals surface area contributed by atoms with Gasteiger partial charge in [0.15, 0.2) is 0 Å². The Balaban J connectivity index is 1.56. The van der Waals surface area contributed by atoms with E-state index in [9.17, 15) is 10.1 Å². The Labute approximate surface area is 154 Å². The first-order valence-electron chi connectivity index (χ1n) is 9.23. The monoisotopic (exact) mass is 357 g/mol. The average Bonchev–Trinajstić information content (AvgIpc) is 3.01. The van der Waals surface area contributed by atoms with E-state index in [0.29, 0.717) is 0 Å². The number of nitrogens with zero attached hydrogens (tertiary/aromatic N) is 4. The van der Waals surface area contributed by atoms with Crippen molar-refractivity contribution in [2.24, 2.45) is 13.0 Å². The molecule has 7 heteroatoms. The first kappa shape index (κ1) is 18.5. The van der Waals surface area contributed by atoms with Gasteiger partial charge in [0.1, 0.15) is 0 Å². The molecule has 0 radical (unpaired) electrons. The van der Waals surface area contributed by atoms with Gasteiger partial charge >= 0.3 is 0 Å². The van der Waals surface area contributed by atoms with Gasteiger partial charge in [0, 0.05) is 56.1 Å². The Hall–Kier alpha value is -2.25. The first-order chi connectivity index (χ1) is 12.5. The number of nitro benzene ring substituents is 1. The van der Waals surface area contributed by atoms with Crippen molar-refractivity contribution in [3.63, 3.8) is 0 Å². The molecule has 0 bridgehead atoms. The van der Waals surface area contributed by atoms with Crippen LogP contribution in [0.4, 0.5) is 5.69 Å². The maximum Gasteiger partial charge on any atom is 0.269 e. The highest BCUT2D eigenvalue weighted by Crippen LogP contribution is 2.24. The summed E-state index contributed by atoms with van der Waals surface area (Å²) in [5.74, 6) is 0.860. The minimum atomic E-state index is -0.383. The van der Waals surface area contributed by atoms with Gasteiger partial charge in [0.25, 0.3) is 5.69 Å². The molecular weight excluding hydrogens is 330 g/mol. The molecule has 1 aliphatic rings. The van der Waals surface area contributed by atoms with Crippen LogP contribution in [0.15, 0.2) is 30.5 Å². The van der Waals surface area contributed by atoms with Crippen LogP contribution in [0.5, 0.6) is 0 Å². The van der Waals surface area contributed by atoms with Gasteiger partial charge in [-0.25, -0.2) is 0 Å². The number of nitrogens with one attached hydrogen (secondary N) is 1. The van der Waals surface area contributed by atoms with Crippen LogP contribution in [0, 0.1) is 16.0 Å². The van der Waals surface area contributed by atoms with E-state index in [4.69, 9.17) is 0 Å². The van der Waals surface area contributed by atoms with E-state index in [1.165, 1.54) is 38.1 Å². The molecule has 0 saturated carbocycles. The van der Waals surface area contributed by atoms with E-state index in [0.717, 1.165) is 42.4 Å². The molecule has 2 aromatic rings. The third kappa shape index (κ3) is 4.68. The second-order valence-corrected chi connectivity index (χ2v) is 7.18. The normalized spacial score (nSPS) is 16.1. The molecule has 1 N–H and O–H groups in total. The molecular formula is C19H27N5O2. The number of piperidine rings is 1. The second-order valence-electron chi connectivity index (χ2n) is 7.18. The lowest BCUT2D eigenvalue weighted by atomic mass is 9.99. The fourth-order valence-electron chi connectivity index (χ4n) is 3.40. The largest absolute Gasteiger partial charge is 0.311 e. The van der Waals surface area contributed by atoms with E-state index in [1.807, 2.05) is 13.2 Å². The zero-order valence-electron chi connectivity index (χ0n) is 15.5. The maximum absolute atomic E-state index is 10.8. The predicted octanol–water partition coefficient (Wildman–Crippen LogP) is 2.82. The molecule has 1 aromatic carbocycles. The molecule has 0 unspecified atom stereocenters. The molecule has 0 atom stereocenters. The minimum absolute atomic E-state index is 0.0974. The Kier molecular flexibility index (Phi) is 6.00. The molecule has 3 rings (SSSR count). The number of benzene rings is 1. The van der Waals surface area contributed by atoms with Crippen molar-refractivity contribution >= 4 is 5.69 Å². The van der Waals surface area contributed by atoms with Crippen LogP contribution in [0.2, 0.25) is 0 Å². The van der Waals surface area contributed by atoms with Crippen molar-refractivity contribution in [3.05, 3.63) is 46.1 Å². The summed E-state index contributed by atoms with van der Waals surface area (Å²) in [5, 5.41) is 18.9. The molecule has 140 valence electrons. The van der Waals surface area contributed by atoms with Crippen molar-refractivity contribution in [1.82, 2.24) is 20.0 Å². The number of hydrogen-bond acceptors (Lipinski definition) is 5. The fourth-order valence-corrected chi connectivity index (χ4v) is 3.40. The summed E-state index contributed by atoms with van der Waals surface area (Å²) in [6, 6.07) is 6.58. The zero-order valence-corrected chi connectivity index (χ0v) is 15.5. The summed E-state index contributed by atoms with van der Waals surface area (Å²) in [6.07, 6.45) is 4.60. The quantitative estimate of drug-likeness (QED) is 0.468. The highest BCUT2D eigenvalue weighted by Gasteiger charge is 2.15. The molecule has 0 spiro atoms. The third-order valence-corrected chi connectivity index (χ3v) is 5.05. The summed E-state index contributed by atoms with van der Waals surface area (Å²) in [5.41, 5.74) is 2.98. The lowest BCUT2D eigenvalue weighted by Gasteiger charge is -2.30. The summed E-state index contributed by atoms with van der Waals surface area (Å²) >= 11 is 0. The summed E-state index contributed by atoms with van der Waals surface area (Å²) in [4.78, 5) is 13.0. The van der Waals surface area contributed by atoms with Crippen LogP contribution < -0.4 is 5.32 Å².